The van der Waals surface area contributed by atoms with Crippen LogP contribution in [0.25, 0.3) is 5.65 Å². The molecule has 2 heterocycles. The van der Waals surface area contributed by atoms with E-state index in [0.717, 1.165) is 9.96 Å². The van der Waals surface area contributed by atoms with Crippen LogP contribution in [0.3, 0.4) is 0 Å². The fourth-order valence-corrected chi connectivity index (χ4v) is 2.69. The number of aromatic nitrogens is 2. The van der Waals surface area contributed by atoms with Gasteiger partial charge in [0.15, 0.2) is 0 Å². The molecule has 0 unspecified atom stereocenters. The van der Waals surface area contributed by atoms with Crippen LogP contribution >= 0.6 is 11.6 Å². The zero-order valence-electron chi connectivity index (χ0n) is 12.7. The molecule has 0 saturated carbocycles. The normalized spacial score (nSPS) is 10.8. The maximum atomic E-state index is 12.4. The quantitative estimate of drug-likeness (QED) is 0.537. The van der Waals surface area contributed by atoms with Gasteiger partial charge in [-0.05, 0) is 29.8 Å². The van der Waals surface area contributed by atoms with Gasteiger partial charge in [0.1, 0.15) is 5.65 Å². The van der Waals surface area contributed by atoms with Crippen molar-refractivity contribution in [3.8, 4) is 0 Å². The Morgan fingerprint density at radius 3 is 2.79 bits per heavy atom. The van der Waals surface area contributed by atoms with Crippen molar-refractivity contribution in [2.45, 2.75) is 6.54 Å². The molecular weight excluding hydrogens is 332 g/mol. The molecule has 2 aromatic heterocycles. The first-order chi connectivity index (χ1) is 11.5. The van der Waals surface area contributed by atoms with Gasteiger partial charge in [-0.3, -0.25) is 19.3 Å². The average molecular weight is 345 g/mol. The molecule has 3 rings (SSSR count). The van der Waals surface area contributed by atoms with Crippen LogP contribution in [0.1, 0.15) is 5.56 Å². The molecule has 24 heavy (non-hydrogen) atoms. The van der Waals surface area contributed by atoms with Crippen LogP contribution in [-0.2, 0) is 6.54 Å². The smallest absolute Gasteiger partial charge is 0.349 e. The zero-order valence-corrected chi connectivity index (χ0v) is 13.5. The van der Waals surface area contributed by atoms with Gasteiger partial charge in [-0.1, -0.05) is 29.8 Å². The summed E-state index contributed by atoms with van der Waals surface area (Å²) in [5.41, 5.74) is -0.0582. The lowest BCUT2D eigenvalue weighted by Gasteiger charge is -2.18. The Hall–Kier alpha value is -2.93. The number of fused-ring (bicyclic) bond motifs is 1. The SMILES string of the molecule is CN(Cc1cccc(Cl)c1)c1nc2ccccn2c(=O)c1[N+](=O)[O-]. The lowest BCUT2D eigenvalue weighted by atomic mass is 10.2. The summed E-state index contributed by atoms with van der Waals surface area (Å²) < 4.78 is 1.16. The molecule has 0 spiro atoms. The number of nitro groups is 1. The van der Waals surface area contributed by atoms with Crippen LogP contribution in [0.15, 0.2) is 53.5 Å². The topological polar surface area (TPSA) is 80.8 Å². The van der Waals surface area contributed by atoms with Crippen LogP contribution in [0.2, 0.25) is 5.02 Å². The second-order valence-corrected chi connectivity index (χ2v) is 5.70. The highest BCUT2D eigenvalue weighted by molar-refractivity contribution is 6.30. The summed E-state index contributed by atoms with van der Waals surface area (Å²) >= 11 is 5.96. The number of anilines is 1. The summed E-state index contributed by atoms with van der Waals surface area (Å²) in [5.74, 6) is 0.0242. The predicted molar refractivity (Wildman–Crippen MR) is 91.7 cm³/mol. The van der Waals surface area contributed by atoms with Gasteiger partial charge in [0.2, 0.25) is 5.82 Å². The van der Waals surface area contributed by atoms with Gasteiger partial charge in [0.05, 0.1) is 4.92 Å². The van der Waals surface area contributed by atoms with Crippen LogP contribution in [0.5, 0.6) is 0 Å². The molecule has 8 heteroatoms. The molecule has 3 aromatic rings. The van der Waals surface area contributed by atoms with Gasteiger partial charge in [-0.2, -0.15) is 0 Å². The molecule has 1 aromatic carbocycles. The minimum absolute atomic E-state index is 0.0242. The maximum absolute atomic E-state index is 12.4. The minimum Gasteiger partial charge on any atom is -0.349 e. The second kappa shape index (κ2) is 6.29. The molecule has 0 radical (unpaired) electrons. The molecule has 0 atom stereocenters. The van der Waals surface area contributed by atoms with Crippen molar-refractivity contribution in [2.24, 2.45) is 0 Å². The van der Waals surface area contributed by atoms with Gasteiger partial charge in [0, 0.05) is 24.8 Å². The summed E-state index contributed by atoms with van der Waals surface area (Å²) in [7, 11) is 1.65. The summed E-state index contributed by atoms with van der Waals surface area (Å²) in [4.78, 5) is 29.0. The van der Waals surface area contributed by atoms with E-state index in [1.165, 1.54) is 6.20 Å². The van der Waals surface area contributed by atoms with Crippen molar-refractivity contribution in [3.63, 3.8) is 0 Å². The number of rotatable bonds is 4. The molecule has 0 saturated heterocycles. The Morgan fingerprint density at radius 1 is 1.29 bits per heavy atom. The van der Waals surface area contributed by atoms with Crippen molar-refractivity contribution in [2.75, 3.05) is 11.9 Å². The van der Waals surface area contributed by atoms with E-state index in [9.17, 15) is 14.9 Å². The fraction of sp³-hybridized carbons (Fsp3) is 0.125. The lowest BCUT2D eigenvalue weighted by molar-refractivity contribution is -0.385. The second-order valence-electron chi connectivity index (χ2n) is 5.26. The highest BCUT2D eigenvalue weighted by Gasteiger charge is 2.26. The summed E-state index contributed by atoms with van der Waals surface area (Å²) in [6, 6.07) is 12.1. The van der Waals surface area contributed by atoms with Gasteiger partial charge < -0.3 is 4.90 Å². The number of pyridine rings is 1. The number of nitrogens with zero attached hydrogens (tertiary/aromatic N) is 4. The van der Waals surface area contributed by atoms with E-state index < -0.39 is 16.2 Å². The Balaban J connectivity index is 2.12. The van der Waals surface area contributed by atoms with E-state index in [0.29, 0.717) is 17.2 Å². The molecule has 122 valence electrons. The van der Waals surface area contributed by atoms with Crippen molar-refractivity contribution < 1.29 is 4.92 Å². The lowest BCUT2D eigenvalue weighted by Crippen LogP contribution is -2.26. The summed E-state index contributed by atoms with van der Waals surface area (Å²) in [6.07, 6.45) is 1.46. The monoisotopic (exact) mass is 344 g/mol. The third-order valence-corrected chi connectivity index (χ3v) is 3.78. The van der Waals surface area contributed by atoms with Crippen molar-refractivity contribution >= 4 is 28.8 Å². The van der Waals surface area contributed by atoms with Gasteiger partial charge in [0.25, 0.3) is 0 Å². The number of halogens is 1. The molecule has 0 aliphatic carbocycles. The zero-order chi connectivity index (χ0) is 17.3. The van der Waals surface area contributed by atoms with Crippen LogP contribution in [-0.4, -0.2) is 21.4 Å². The van der Waals surface area contributed by atoms with Crippen molar-refractivity contribution in [1.29, 1.82) is 0 Å². The standard InChI is InChI=1S/C16H13ClN4O3/c1-19(10-11-5-4-6-12(17)9-11)15-14(21(23)24)16(22)20-8-3-2-7-13(20)18-15/h2-9H,10H2,1H3. The van der Waals surface area contributed by atoms with Gasteiger partial charge in [-0.15, -0.1) is 0 Å². The number of hydrogen-bond acceptors (Lipinski definition) is 5. The average Bonchev–Trinajstić information content (AvgIpc) is 2.54. The molecule has 0 fully saturated rings. The summed E-state index contributed by atoms with van der Waals surface area (Å²) in [6.45, 7) is 0.330. The van der Waals surface area contributed by atoms with E-state index in [1.807, 2.05) is 6.07 Å². The predicted octanol–water partition coefficient (Wildman–Crippen LogP) is 2.89. The number of hydrogen-bond donors (Lipinski definition) is 0. The van der Waals surface area contributed by atoms with E-state index >= 15 is 0 Å². The van der Waals surface area contributed by atoms with Crippen LogP contribution in [0, 0.1) is 10.1 Å². The molecule has 0 N–H and O–H groups in total. The molecule has 0 amide bonds. The Labute approximate surface area is 141 Å². The molecule has 0 aliphatic heterocycles. The van der Waals surface area contributed by atoms with E-state index in [1.54, 1.807) is 48.3 Å². The van der Waals surface area contributed by atoms with E-state index in [4.69, 9.17) is 11.6 Å². The minimum atomic E-state index is -0.710. The number of benzene rings is 1. The highest BCUT2D eigenvalue weighted by Crippen LogP contribution is 2.23. The molecular formula is C16H13ClN4O3. The first kappa shape index (κ1) is 15.9. The first-order valence-corrected chi connectivity index (χ1v) is 7.46. The van der Waals surface area contributed by atoms with Gasteiger partial charge in [-0.25, -0.2) is 4.98 Å². The summed E-state index contributed by atoms with van der Waals surface area (Å²) in [5, 5.41) is 12.0. The molecule has 7 nitrogen and oxygen atoms in total. The largest absolute Gasteiger partial charge is 0.376 e. The van der Waals surface area contributed by atoms with Crippen molar-refractivity contribution in [1.82, 2.24) is 9.38 Å². The Morgan fingerprint density at radius 2 is 2.08 bits per heavy atom. The van der Waals surface area contributed by atoms with Crippen LogP contribution < -0.4 is 10.5 Å². The van der Waals surface area contributed by atoms with Crippen molar-refractivity contribution in [3.05, 3.63) is 79.7 Å². The molecule has 0 bridgehead atoms. The maximum Gasteiger partial charge on any atom is 0.376 e. The van der Waals surface area contributed by atoms with E-state index in [-0.39, 0.29) is 5.82 Å². The third-order valence-electron chi connectivity index (χ3n) is 3.54. The first-order valence-electron chi connectivity index (χ1n) is 7.09. The van der Waals surface area contributed by atoms with Gasteiger partial charge >= 0.3 is 11.2 Å². The van der Waals surface area contributed by atoms with E-state index in [2.05, 4.69) is 4.98 Å². The third kappa shape index (κ3) is 2.93. The fourth-order valence-electron chi connectivity index (χ4n) is 2.48. The van der Waals surface area contributed by atoms with Crippen LogP contribution in [0.4, 0.5) is 11.5 Å². The molecule has 0 aliphatic rings. The highest BCUT2D eigenvalue weighted by atomic mass is 35.5. The Bertz CT molecular complexity index is 986. The Kier molecular flexibility index (Phi) is 4.18.